The smallest absolute Gasteiger partial charge is 0.136 e. The van der Waals surface area contributed by atoms with Crippen molar-refractivity contribution in [1.29, 1.82) is 0 Å². The van der Waals surface area contributed by atoms with Crippen molar-refractivity contribution in [2.24, 2.45) is 0 Å². The quantitative estimate of drug-likeness (QED) is 0.282. The molecule has 4 heterocycles. The normalized spacial score (nSPS) is 13.2. The Hall–Kier alpha value is -3.85. The molecule has 0 radical (unpaired) electrons. The van der Waals surface area contributed by atoms with Crippen LogP contribution >= 0.6 is 22.7 Å². The second kappa shape index (κ2) is 7.83. The molecule has 9 rings (SSSR count). The van der Waals surface area contributed by atoms with E-state index in [0.29, 0.717) is 0 Å². The molecule has 0 saturated carbocycles. The highest BCUT2D eigenvalue weighted by Gasteiger charge is 2.42. The summed E-state index contributed by atoms with van der Waals surface area (Å²) in [5, 5.41) is 2.81. The molecule has 0 fully saturated rings. The van der Waals surface area contributed by atoms with Crippen LogP contribution in [0.1, 0.15) is 0 Å². The fraction of sp³-hybridized carbons (Fsp3) is 0. The zero-order chi connectivity index (χ0) is 24.8. The molecule has 174 valence electrons. The van der Waals surface area contributed by atoms with Gasteiger partial charge in [-0.15, -0.1) is 22.7 Å². The van der Waals surface area contributed by atoms with Gasteiger partial charge in [0.1, 0.15) is 0 Å². The second-order valence-corrected chi connectivity index (χ2v) is 12.5. The van der Waals surface area contributed by atoms with E-state index in [9.17, 15) is 0 Å². The zero-order valence-corrected chi connectivity index (χ0v) is 22.2. The van der Waals surface area contributed by atoms with Gasteiger partial charge in [0.05, 0.1) is 0 Å². The lowest BCUT2D eigenvalue weighted by Gasteiger charge is -2.15. The Balaban J connectivity index is 1.38. The summed E-state index contributed by atoms with van der Waals surface area (Å²) in [6, 6.07) is 45.3. The fourth-order valence-corrected chi connectivity index (χ4v) is 9.46. The van der Waals surface area contributed by atoms with Crippen molar-refractivity contribution in [3.05, 3.63) is 121 Å². The summed E-state index contributed by atoms with van der Waals surface area (Å²) in [4.78, 5) is 2.90. The molecule has 0 N–H and O–H groups in total. The lowest BCUT2D eigenvalue weighted by Crippen LogP contribution is -2.50. The van der Waals surface area contributed by atoms with Gasteiger partial charge in [-0.05, 0) is 45.0 Å². The molecule has 2 aromatic heterocycles. The summed E-state index contributed by atoms with van der Waals surface area (Å²) in [7, 11) is 0. The van der Waals surface area contributed by atoms with E-state index < -0.39 is 0 Å². The molecule has 0 nitrogen and oxygen atoms in total. The predicted molar refractivity (Wildman–Crippen MR) is 170 cm³/mol. The first-order valence-corrected chi connectivity index (χ1v) is 14.8. The molecule has 0 amide bonds. The summed E-state index contributed by atoms with van der Waals surface area (Å²) >= 11 is 3.92. The van der Waals surface area contributed by atoms with E-state index in [1.807, 2.05) is 22.7 Å². The Kier molecular flexibility index (Phi) is 4.35. The number of fused-ring (bicyclic) bond motifs is 10. The lowest BCUT2D eigenvalue weighted by molar-refractivity contribution is 1.75. The van der Waals surface area contributed by atoms with Gasteiger partial charge in [0.2, 0.25) is 13.4 Å². The van der Waals surface area contributed by atoms with Crippen molar-refractivity contribution in [3.63, 3.8) is 0 Å². The predicted octanol–water partition coefficient (Wildman–Crippen LogP) is 5.11. The summed E-state index contributed by atoms with van der Waals surface area (Å²) in [6.45, 7) is 0.521. The van der Waals surface area contributed by atoms with Crippen LogP contribution in [-0.2, 0) is 0 Å². The van der Waals surface area contributed by atoms with E-state index in [4.69, 9.17) is 0 Å². The standard InChI is InChI=1S/C34H20B2S2/c1-3-11-21(12-4-1)35-27-19-26-28(20-25(27)33-31(35)23-15-7-9-17-29(23)37-33)36(22-13-5-2-6-14-22)32-24-16-8-10-18-30(24)38-34(26)32/h1-20H. The van der Waals surface area contributed by atoms with Crippen molar-refractivity contribution in [1.82, 2.24) is 0 Å². The van der Waals surface area contributed by atoms with Gasteiger partial charge in [-0.3, -0.25) is 0 Å². The van der Waals surface area contributed by atoms with Gasteiger partial charge in [-0.2, -0.15) is 0 Å². The highest BCUT2D eigenvalue weighted by molar-refractivity contribution is 7.28. The molecular weight excluding hydrogens is 494 g/mol. The molecule has 0 bridgehead atoms. The second-order valence-electron chi connectivity index (χ2n) is 10.4. The minimum atomic E-state index is 0.260. The Bertz CT molecular complexity index is 1890. The van der Waals surface area contributed by atoms with Crippen LogP contribution in [0.4, 0.5) is 0 Å². The molecule has 5 aromatic carbocycles. The lowest BCUT2D eigenvalue weighted by atomic mass is 9.37. The highest BCUT2D eigenvalue weighted by Crippen LogP contribution is 2.40. The molecule has 0 saturated heterocycles. The van der Waals surface area contributed by atoms with Gasteiger partial charge < -0.3 is 0 Å². The van der Waals surface area contributed by atoms with Crippen molar-refractivity contribution in [2.45, 2.75) is 0 Å². The summed E-state index contributed by atoms with van der Waals surface area (Å²) in [5.74, 6) is 0. The summed E-state index contributed by atoms with van der Waals surface area (Å²) < 4.78 is 2.77. The van der Waals surface area contributed by atoms with Gasteiger partial charge in [-0.25, -0.2) is 0 Å². The molecule has 0 spiro atoms. The maximum Gasteiger partial charge on any atom is 0.244 e. The van der Waals surface area contributed by atoms with Crippen LogP contribution in [0.3, 0.4) is 0 Å². The number of benzene rings is 5. The van der Waals surface area contributed by atoms with Crippen LogP contribution in [-0.4, -0.2) is 13.4 Å². The van der Waals surface area contributed by atoms with Crippen LogP contribution in [0.15, 0.2) is 121 Å². The third kappa shape index (κ3) is 2.77. The van der Waals surface area contributed by atoms with Gasteiger partial charge in [0.25, 0.3) is 0 Å². The monoisotopic (exact) mass is 514 g/mol. The highest BCUT2D eigenvalue weighted by atomic mass is 32.1. The van der Waals surface area contributed by atoms with E-state index in [1.165, 1.54) is 73.8 Å². The fourth-order valence-electron chi connectivity index (χ4n) is 6.90. The van der Waals surface area contributed by atoms with Crippen LogP contribution in [0, 0.1) is 0 Å². The van der Waals surface area contributed by atoms with Gasteiger partial charge in [0, 0.05) is 19.2 Å². The molecule has 0 aliphatic carbocycles. The Morgan fingerprint density at radius 1 is 0.421 bits per heavy atom. The first-order chi connectivity index (χ1) is 18.9. The van der Waals surface area contributed by atoms with E-state index in [1.54, 1.807) is 0 Å². The zero-order valence-electron chi connectivity index (χ0n) is 20.5. The van der Waals surface area contributed by atoms with Gasteiger partial charge in [0.15, 0.2) is 0 Å². The maximum atomic E-state index is 2.56. The average molecular weight is 514 g/mol. The van der Waals surface area contributed by atoms with E-state index in [2.05, 4.69) is 121 Å². The summed E-state index contributed by atoms with van der Waals surface area (Å²) in [6.07, 6.45) is 0. The SMILES string of the molecule is c1ccc(B2c3cc4c(cc3-c3sc5ccccc5c32)B(c2ccccc2)c2c-4sc3ccccc23)cc1. The van der Waals surface area contributed by atoms with Crippen molar-refractivity contribution < 1.29 is 0 Å². The molecule has 38 heavy (non-hydrogen) atoms. The third-order valence-corrected chi connectivity index (χ3v) is 10.9. The largest absolute Gasteiger partial charge is 0.244 e. The van der Waals surface area contributed by atoms with Crippen LogP contribution in [0.25, 0.3) is 41.1 Å². The van der Waals surface area contributed by atoms with Crippen molar-refractivity contribution >= 4 is 89.0 Å². The average Bonchev–Trinajstić information content (AvgIpc) is 3.69. The number of hydrogen-bond acceptors (Lipinski definition) is 2. The molecule has 4 heteroatoms. The van der Waals surface area contributed by atoms with Gasteiger partial charge >= 0.3 is 0 Å². The summed E-state index contributed by atoms with van der Waals surface area (Å²) in [5.41, 5.74) is 11.5. The number of thiophene rings is 2. The molecule has 0 unspecified atom stereocenters. The minimum Gasteiger partial charge on any atom is -0.136 e. The molecule has 7 aromatic rings. The number of rotatable bonds is 2. The maximum absolute atomic E-state index is 2.56. The number of hydrogen-bond donors (Lipinski definition) is 0. The van der Waals surface area contributed by atoms with E-state index in [0.717, 1.165) is 0 Å². The molecule has 2 aliphatic heterocycles. The van der Waals surface area contributed by atoms with Crippen molar-refractivity contribution in [3.8, 4) is 20.9 Å². The Morgan fingerprint density at radius 3 is 1.26 bits per heavy atom. The topological polar surface area (TPSA) is 0 Å². The Morgan fingerprint density at radius 2 is 0.816 bits per heavy atom. The molecular formula is C34H20B2S2. The Labute approximate surface area is 230 Å². The van der Waals surface area contributed by atoms with Crippen LogP contribution in [0.5, 0.6) is 0 Å². The van der Waals surface area contributed by atoms with Crippen molar-refractivity contribution in [2.75, 3.05) is 0 Å². The third-order valence-electron chi connectivity index (χ3n) is 8.44. The first kappa shape index (κ1) is 21.1. The van der Waals surface area contributed by atoms with E-state index in [-0.39, 0.29) is 13.4 Å². The molecule has 2 aliphatic rings. The van der Waals surface area contributed by atoms with Crippen LogP contribution in [0.2, 0.25) is 0 Å². The first-order valence-electron chi connectivity index (χ1n) is 13.2. The molecule has 0 atom stereocenters. The van der Waals surface area contributed by atoms with E-state index >= 15 is 0 Å². The van der Waals surface area contributed by atoms with Gasteiger partial charge in [-0.1, -0.05) is 131 Å². The minimum absolute atomic E-state index is 0.260. The van der Waals surface area contributed by atoms with Crippen LogP contribution < -0.4 is 32.8 Å².